The van der Waals surface area contributed by atoms with E-state index in [0.717, 1.165) is 65.2 Å². The van der Waals surface area contributed by atoms with Crippen LogP contribution in [-0.4, -0.2) is 96.5 Å². The topological polar surface area (TPSA) is 88.1 Å². The molecule has 25 heavy (non-hydrogen) atoms. The number of hydrogen-bond donors (Lipinski definition) is 4. The van der Waals surface area contributed by atoms with Crippen molar-refractivity contribution in [3.8, 4) is 0 Å². The molecule has 0 aromatic carbocycles. The molecule has 0 saturated carbocycles. The van der Waals surface area contributed by atoms with Gasteiger partial charge in [0.2, 0.25) is 0 Å². The molecular formula is C18H38N4O3. The summed E-state index contributed by atoms with van der Waals surface area (Å²) in [4.78, 5) is 15.9. The van der Waals surface area contributed by atoms with E-state index in [0.29, 0.717) is 6.04 Å². The molecule has 1 rings (SSSR count). The molecule has 1 unspecified atom stereocenters. The lowest BCUT2D eigenvalue weighted by molar-refractivity contribution is -0.139. The molecular weight excluding hydrogens is 320 g/mol. The van der Waals surface area contributed by atoms with E-state index in [9.17, 15) is 9.90 Å². The first-order valence-corrected chi connectivity index (χ1v) is 9.64. The SMILES string of the molecule is CCC(CCO)N1CCNCCN(C(C)(C)CC(=O)O)CCNCC1. The molecule has 1 fully saturated rings. The molecule has 7 nitrogen and oxygen atoms in total. The van der Waals surface area contributed by atoms with E-state index in [4.69, 9.17) is 5.11 Å². The average molecular weight is 359 g/mol. The van der Waals surface area contributed by atoms with Crippen molar-refractivity contribution in [3.05, 3.63) is 0 Å². The fourth-order valence-corrected chi connectivity index (χ4v) is 3.59. The fraction of sp³-hybridized carbons (Fsp3) is 0.944. The number of nitrogens with zero attached hydrogens (tertiary/aromatic N) is 2. The van der Waals surface area contributed by atoms with Gasteiger partial charge >= 0.3 is 5.97 Å². The Kier molecular flexibility index (Phi) is 10.5. The highest BCUT2D eigenvalue weighted by molar-refractivity contribution is 5.68. The Hall–Kier alpha value is -0.730. The second-order valence-electron chi connectivity index (χ2n) is 7.48. The van der Waals surface area contributed by atoms with E-state index in [1.807, 2.05) is 13.8 Å². The van der Waals surface area contributed by atoms with E-state index < -0.39 is 5.97 Å². The summed E-state index contributed by atoms with van der Waals surface area (Å²) in [5, 5.41) is 25.4. The Bertz CT molecular complexity index is 365. The molecule has 1 saturated heterocycles. The summed E-state index contributed by atoms with van der Waals surface area (Å²) in [5.41, 5.74) is -0.347. The minimum atomic E-state index is -0.748. The van der Waals surface area contributed by atoms with E-state index in [1.54, 1.807) is 0 Å². The van der Waals surface area contributed by atoms with Crippen LogP contribution in [0.2, 0.25) is 0 Å². The summed E-state index contributed by atoms with van der Waals surface area (Å²) in [5.74, 6) is -0.748. The van der Waals surface area contributed by atoms with Gasteiger partial charge in [-0.3, -0.25) is 14.6 Å². The number of aliphatic carboxylic acids is 1. The molecule has 1 aliphatic rings. The van der Waals surface area contributed by atoms with E-state index >= 15 is 0 Å². The average Bonchev–Trinajstić information content (AvgIpc) is 2.52. The first-order chi connectivity index (χ1) is 11.9. The summed E-state index contributed by atoms with van der Waals surface area (Å²) in [6.45, 7) is 13.6. The molecule has 0 bridgehead atoms. The summed E-state index contributed by atoms with van der Waals surface area (Å²) < 4.78 is 0. The molecule has 0 amide bonds. The largest absolute Gasteiger partial charge is 0.481 e. The zero-order chi connectivity index (χ0) is 18.7. The van der Waals surface area contributed by atoms with Crippen molar-refractivity contribution in [1.82, 2.24) is 20.4 Å². The monoisotopic (exact) mass is 358 g/mol. The lowest BCUT2D eigenvalue weighted by Crippen LogP contribution is -2.52. The van der Waals surface area contributed by atoms with Gasteiger partial charge in [-0.1, -0.05) is 6.92 Å². The van der Waals surface area contributed by atoms with Crippen LogP contribution in [-0.2, 0) is 4.79 Å². The minimum Gasteiger partial charge on any atom is -0.481 e. The Balaban J connectivity index is 2.58. The number of carboxylic acids is 1. The fourth-order valence-electron chi connectivity index (χ4n) is 3.59. The van der Waals surface area contributed by atoms with Gasteiger partial charge in [0.15, 0.2) is 0 Å². The van der Waals surface area contributed by atoms with Crippen LogP contribution in [0.1, 0.15) is 40.0 Å². The number of carboxylic acid groups (broad SMARTS) is 1. The van der Waals surface area contributed by atoms with E-state index in [-0.39, 0.29) is 18.6 Å². The zero-order valence-corrected chi connectivity index (χ0v) is 16.3. The molecule has 1 atom stereocenters. The van der Waals surface area contributed by atoms with Gasteiger partial charge in [-0.25, -0.2) is 0 Å². The Morgan fingerprint density at radius 1 is 1.08 bits per heavy atom. The molecule has 0 aliphatic carbocycles. The molecule has 4 N–H and O–H groups in total. The zero-order valence-electron chi connectivity index (χ0n) is 16.3. The maximum atomic E-state index is 11.1. The van der Waals surface area contributed by atoms with Crippen LogP contribution in [0.25, 0.3) is 0 Å². The van der Waals surface area contributed by atoms with Crippen LogP contribution in [0.4, 0.5) is 0 Å². The summed E-state index contributed by atoms with van der Waals surface area (Å²) in [7, 11) is 0. The number of aliphatic hydroxyl groups excluding tert-OH is 1. The first kappa shape index (κ1) is 22.3. The molecule has 0 aromatic heterocycles. The van der Waals surface area contributed by atoms with Gasteiger partial charge in [0, 0.05) is 70.5 Å². The minimum absolute atomic E-state index is 0.153. The molecule has 1 aliphatic heterocycles. The van der Waals surface area contributed by atoms with Gasteiger partial charge in [0.05, 0.1) is 6.42 Å². The highest BCUT2D eigenvalue weighted by Gasteiger charge is 2.29. The number of aliphatic hydroxyl groups is 1. The standard InChI is InChI=1S/C18H38N4O3/c1-4-16(5-14-23)21-10-6-19-8-12-22(13-9-20-7-11-21)18(2,3)15-17(24)25/h16,19-20,23H,4-15H2,1-3H3,(H,24,25). The van der Waals surface area contributed by atoms with Crippen molar-refractivity contribution in [1.29, 1.82) is 0 Å². The third-order valence-corrected chi connectivity index (χ3v) is 5.16. The summed E-state index contributed by atoms with van der Waals surface area (Å²) >= 11 is 0. The summed E-state index contributed by atoms with van der Waals surface area (Å²) in [6.07, 6.45) is 2.03. The number of hydrogen-bond acceptors (Lipinski definition) is 6. The van der Waals surface area contributed by atoms with Crippen LogP contribution in [0.5, 0.6) is 0 Å². The predicted molar refractivity (Wildman–Crippen MR) is 101 cm³/mol. The van der Waals surface area contributed by atoms with Crippen LogP contribution in [0.15, 0.2) is 0 Å². The summed E-state index contributed by atoms with van der Waals surface area (Å²) in [6, 6.07) is 0.433. The number of carbonyl (C=O) groups is 1. The highest BCUT2D eigenvalue weighted by Crippen LogP contribution is 2.18. The molecule has 0 spiro atoms. The van der Waals surface area contributed by atoms with Crippen LogP contribution in [0.3, 0.4) is 0 Å². The first-order valence-electron chi connectivity index (χ1n) is 9.64. The molecule has 0 aromatic rings. The highest BCUT2D eigenvalue weighted by atomic mass is 16.4. The van der Waals surface area contributed by atoms with Crippen molar-refractivity contribution in [2.45, 2.75) is 51.6 Å². The van der Waals surface area contributed by atoms with E-state index in [1.165, 1.54) is 0 Å². The van der Waals surface area contributed by atoms with Gasteiger partial charge in [-0.15, -0.1) is 0 Å². The van der Waals surface area contributed by atoms with Gasteiger partial charge in [-0.05, 0) is 26.7 Å². The Labute approximate surface area is 152 Å². The third kappa shape index (κ3) is 8.46. The maximum Gasteiger partial charge on any atom is 0.305 e. The quantitative estimate of drug-likeness (QED) is 0.517. The van der Waals surface area contributed by atoms with Crippen LogP contribution in [0, 0.1) is 0 Å². The number of nitrogens with one attached hydrogen (secondary N) is 2. The van der Waals surface area contributed by atoms with Crippen molar-refractivity contribution < 1.29 is 15.0 Å². The molecule has 7 heteroatoms. The van der Waals surface area contributed by atoms with Gasteiger partial charge < -0.3 is 20.8 Å². The van der Waals surface area contributed by atoms with E-state index in [2.05, 4.69) is 27.4 Å². The smallest absolute Gasteiger partial charge is 0.305 e. The van der Waals surface area contributed by atoms with Crippen molar-refractivity contribution in [2.75, 3.05) is 59.0 Å². The second kappa shape index (κ2) is 11.8. The lowest BCUT2D eigenvalue weighted by Gasteiger charge is -2.38. The second-order valence-corrected chi connectivity index (χ2v) is 7.48. The third-order valence-electron chi connectivity index (χ3n) is 5.16. The van der Waals surface area contributed by atoms with Gasteiger partial charge in [-0.2, -0.15) is 0 Å². The van der Waals surface area contributed by atoms with Crippen molar-refractivity contribution in [2.24, 2.45) is 0 Å². The van der Waals surface area contributed by atoms with Gasteiger partial charge in [0.25, 0.3) is 0 Å². The molecule has 0 radical (unpaired) electrons. The van der Waals surface area contributed by atoms with Crippen molar-refractivity contribution >= 4 is 5.97 Å². The molecule has 148 valence electrons. The molecule has 1 heterocycles. The Morgan fingerprint density at radius 2 is 1.60 bits per heavy atom. The predicted octanol–water partition coefficient (Wildman–Crippen LogP) is 0.198. The maximum absolute atomic E-state index is 11.1. The number of rotatable bonds is 7. The normalized spacial score (nSPS) is 21.3. The van der Waals surface area contributed by atoms with Crippen LogP contribution < -0.4 is 10.6 Å². The van der Waals surface area contributed by atoms with Crippen LogP contribution >= 0.6 is 0 Å². The Morgan fingerprint density at radius 3 is 2.04 bits per heavy atom. The lowest BCUT2D eigenvalue weighted by atomic mass is 9.98. The van der Waals surface area contributed by atoms with Gasteiger partial charge in [0.1, 0.15) is 0 Å². The van der Waals surface area contributed by atoms with Crippen molar-refractivity contribution in [3.63, 3.8) is 0 Å².